The number of methoxy groups -OCH3 is 1. The zero-order valence-corrected chi connectivity index (χ0v) is 10.9. The molecule has 0 amide bonds. The largest absolute Gasteiger partial charge is 0.496 e. The van der Waals surface area contributed by atoms with Crippen molar-refractivity contribution in [3.05, 3.63) is 21.9 Å². The molecule has 0 spiro atoms. The van der Waals surface area contributed by atoms with Crippen LogP contribution in [0.15, 0.2) is 10.7 Å². The van der Waals surface area contributed by atoms with E-state index in [0.717, 1.165) is 21.6 Å². The molecule has 1 heterocycles. The molecule has 0 unspecified atom stereocenters. The Morgan fingerprint density at radius 2 is 1.93 bits per heavy atom. The van der Waals surface area contributed by atoms with Gasteiger partial charge in [-0.15, -0.1) is 0 Å². The fourth-order valence-electron chi connectivity index (χ4n) is 1.15. The quantitative estimate of drug-likeness (QED) is 0.719. The van der Waals surface area contributed by atoms with E-state index in [2.05, 4.69) is 41.7 Å². The normalized spacial score (nSPS) is 11.6. The first-order valence-electron chi connectivity index (χ1n) is 4.58. The van der Waals surface area contributed by atoms with Crippen LogP contribution < -0.4 is 4.74 Å². The van der Waals surface area contributed by atoms with Crippen molar-refractivity contribution in [2.24, 2.45) is 0 Å². The van der Waals surface area contributed by atoms with Gasteiger partial charge in [0.05, 0.1) is 12.8 Å². The van der Waals surface area contributed by atoms with Crippen molar-refractivity contribution in [2.75, 3.05) is 7.11 Å². The van der Waals surface area contributed by atoms with Crippen LogP contribution in [0.2, 0.25) is 0 Å². The van der Waals surface area contributed by atoms with Crippen molar-refractivity contribution in [2.45, 2.75) is 33.1 Å². The first-order valence-corrected chi connectivity index (χ1v) is 5.37. The highest BCUT2D eigenvalue weighted by molar-refractivity contribution is 9.10. The minimum Gasteiger partial charge on any atom is -0.496 e. The topological polar surface area (TPSA) is 22.1 Å². The summed E-state index contributed by atoms with van der Waals surface area (Å²) < 4.78 is 6.15. The molecule has 2 nitrogen and oxygen atoms in total. The minimum atomic E-state index is 0.0451. The molecule has 14 heavy (non-hydrogen) atoms. The predicted molar refractivity (Wildman–Crippen MR) is 61.9 cm³/mol. The number of nitrogens with zero attached hydrogens (tertiary/aromatic N) is 1. The van der Waals surface area contributed by atoms with E-state index in [4.69, 9.17) is 4.74 Å². The summed E-state index contributed by atoms with van der Waals surface area (Å²) in [6, 6.07) is 2.00. The van der Waals surface area contributed by atoms with E-state index in [0.29, 0.717) is 0 Å². The maximum atomic E-state index is 5.29. The Bertz CT molecular complexity index is 342. The third-order valence-electron chi connectivity index (χ3n) is 2.15. The number of rotatable bonds is 1. The van der Waals surface area contributed by atoms with Crippen LogP contribution >= 0.6 is 15.9 Å². The van der Waals surface area contributed by atoms with Crippen molar-refractivity contribution < 1.29 is 4.74 Å². The smallest absolute Gasteiger partial charge is 0.126 e. The van der Waals surface area contributed by atoms with Crippen molar-refractivity contribution in [3.63, 3.8) is 0 Å². The van der Waals surface area contributed by atoms with Crippen LogP contribution in [0.3, 0.4) is 0 Å². The lowest BCUT2D eigenvalue weighted by Gasteiger charge is -2.19. The summed E-state index contributed by atoms with van der Waals surface area (Å²) in [5, 5.41) is 0. The Morgan fingerprint density at radius 1 is 1.36 bits per heavy atom. The number of hydrogen-bond donors (Lipinski definition) is 0. The Labute approximate surface area is 93.8 Å². The summed E-state index contributed by atoms with van der Waals surface area (Å²) in [5.74, 6) is 0.886. The fourth-order valence-corrected chi connectivity index (χ4v) is 1.54. The van der Waals surface area contributed by atoms with E-state index >= 15 is 0 Å². The molecule has 0 aliphatic carbocycles. The summed E-state index contributed by atoms with van der Waals surface area (Å²) in [6.45, 7) is 8.39. The predicted octanol–water partition coefficient (Wildman–Crippen LogP) is 3.46. The van der Waals surface area contributed by atoms with E-state index in [9.17, 15) is 0 Å². The highest BCUT2D eigenvalue weighted by Gasteiger charge is 2.18. The van der Waals surface area contributed by atoms with Gasteiger partial charge in [-0.3, -0.25) is 0 Å². The molecule has 0 N–H and O–H groups in total. The third kappa shape index (κ3) is 2.27. The third-order valence-corrected chi connectivity index (χ3v) is 2.93. The fraction of sp³-hybridized carbons (Fsp3) is 0.545. The molecule has 1 aromatic rings. The zero-order valence-electron chi connectivity index (χ0n) is 9.31. The van der Waals surface area contributed by atoms with Gasteiger partial charge in [-0.05, 0) is 22.9 Å². The van der Waals surface area contributed by atoms with E-state index in [1.54, 1.807) is 7.11 Å². The lowest BCUT2D eigenvalue weighted by molar-refractivity contribution is 0.407. The summed E-state index contributed by atoms with van der Waals surface area (Å²) in [7, 11) is 1.68. The molecule has 3 heteroatoms. The van der Waals surface area contributed by atoms with Gasteiger partial charge in [-0.25, -0.2) is 4.98 Å². The number of hydrogen-bond acceptors (Lipinski definition) is 2. The molecule has 1 rings (SSSR count). The first-order chi connectivity index (χ1) is 6.36. The molecule has 0 atom stereocenters. The van der Waals surface area contributed by atoms with Gasteiger partial charge >= 0.3 is 0 Å². The second kappa shape index (κ2) is 3.89. The van der Waals surface area contributed by atoms with Gasteiger partial charge in [0, 0.05) is 17.0 Å². The second-order valence-electron chi connectivity index (χ2n) is 4.38. The molecule has 0 aromatic carbocycles. The molecular weight excluding hydrogens is 242 g/mol. The van der Waals surface area contributed by atoms with E-state index in [-0.39, 0.29) is 5.41 Å². The van der Waals surface area contributed by atoms with Crippen LogP contribution in [0.4, 0.5) is 0 Å². The average Bonchev–Trinajstić information content (AvgIpc) is 2.07. The lowest BCUT2D eigenvalue weighted by Crippen LogP contribution is -2.14. The molecule has 0 aliphatic heterocycles. The van der Waals surface area contributed by atoms with Crippen molar-refractivity contribution in [1.82, 2.24) is 4.98 Å². The van der Waals surface area contributed by atoms with Crippen LogP contribution in [0.1, 0.15) is 32.0 Å². The number of halogens is 1. The summed E-state index contributed by atoms with van der Waals surface area (Å²) in [5.41, 5.74) is 2.12. The van der Waals surface area contributed by atoms with Gasteiger partial charge in [-0.1, -0.05) is 20.8 Å². The molecule has 0 bridgehead atoms. The van der Waals surface area contributed by atoms with Gasteiger partial charge in [0.1, 0.15) is 10.4 Å². The molecule has 0 radical (unpaired) electrons. The monoisotopic (exact) mass is 257 g/mol. The SMILES string of the molecule is COc1cc(C(C)(C)C)nc(Br)c1C. The minimum absolute atomic E-state index is 0.0451. The van der Waals surface area contributed by atoms with Crippen molar-refractivity contribution >= 4 is 15.9 Å². The number of aromatic nitrogens is 1. The van der Waals surface area contributed by atoms with E-state index in [1.165, 1.54) is 0 Å². The van der Waals surface area contributed by atoms with Crippen LogP contribution in [0.5, 0.6) is 5.75 Å². The molecule has 0 saturated carbocycles. The van der Waals surface area contributed by atoms with Crippen LogP contribution in [0, 0.1) is 6.92 Å². The Hall–Kier alpha value is -0.570. The van der Waals surface area contributed by atoms with Crippen LogP contribution in [-0.4, -0.2) is 12.1 Å². The maximum Gasteiger partial charge on any atom is 0.126 e. The number of ether oxygens (including phenoxy) is 1. The highest BCUT2D eigenvalue weighted by atomic mass is 79.9. The average molecular weight is 258 g/mol. The molecule has 0 saturated heterocycles. The van der Waals surface area contributed by atoms with E-state index in [1.807, 2.05) is 13.0 Å². The van der Waals surface area contributed by atoms with Crippen LogP contribution in [0.25, 0.3) is 0 Å². The molecule has 1 aromatic heterocycles. The zero-order chi connectivity index (χ0) is 10.9. The van der Waals surface area contributed by atoms with E-state index < -0.39 is 0 Å². The molecule has 0 fully saturated rings. The van der Waals surface area contributed by atoms with Gasteiger partial charge in [0.25, 0.3) is 0 Å². The first kappa shape index (κ1) is 11.5. The Balaban J connectivity index is 3.30. The van der Waals surface area contributed by atoms with Crippen molar-refractivity contribution in [1.29, 1.82) is 0 Å². The van der Waals surface area contributed by atoms with Gasteiger partial charge in [0.15, 0.2) is 0 Å². The lowest BCUT2D eigenvalue weighted by atomic mass is 9.91. The standard InChI is InChI=1S/C11H16BrNO/c1-7-8(14-5)6-9(11(2,3)4)13-10(7)12/h6H,1-5H3. The van der Waals surface area contributed by atoms with Gasteiger partial charge in [-0.2, -0.15) is 0 Å². The summed E-state index contributed by atoms with van der Waals surface area (Å²) in [6.07, 6.45) is 0. The summed E-state index contributed by atoms with van der Waals surface area (Å²) >= 11 is 3.44. The van der Waals surface area contributed by atoms with Gasteiger partial charge < -0.3 is 4.74 Å². The molecular formula is C11H16BrNO. The van der Waals surface area contributed by atoms with Crippen LogP contribution in [-0.2, 0) is 5.41 Å². The molecule has 78 valence electrons. The number of pyridine rings is 1. The Kier molecular flexibility index (Phi) is 3.20. The summed E-state index contributed by atoms with van der Waals surface area (Å²) in [4.78, 5) is 4.49. The molecule has 0 aliphatic rings. The highest BCUT2D eigenvalue weighted by Crippen LogP contribution is 2.30. The second-order valence-corrected chi connectivity index (χ2v) is 5.13. The van der Waals surface area contributed by atoms with Crippen molar-refractivity contribution in [3.8, 4) is 5.75 Å². The maximum absolute atomic E-state index is 5.29. The Morgan fingerprint density at radius 3 is 2.36 bits per heavy atom. The van der Waals surface area contributed by atoms with Gasteiger partial charge in [0.2, 0.25) is 0 Å².